The van der Waals surface area contributed by atoms with Gasteiger partial charge in [0.2, 0.25) is 5.88 Å². The number of halogens is 1. The molecule has 1 aromatic rings. The largest absolute Gasteiger partial charge is 0.474 e. The van der Waals surface area contributed by atoms with Crippen LogP contribution >= 0.6 is 11.6 Å². The minimum absolute atomic E-state index is 0.00288. The Morgan fingerprint density at radius 2 is 2.25 bits per heavy atom. The highest BCUT2D eigenvalue weighted by Crippen LogP contribution is 2.26. The van der Waals surface area contributed by atoms with Gasteiger partial charge >= 0.3 is 0 Å². The van der Waals surface area contributed by atoms with E-state index in [0.29, 0.717) is 18.3 Å². The third-order valence-corrected chi connectivity index (χ3v) is 3.28. The second kappa shape index (κ2) is 6.14. The molecule has 0 amide bonds. The number of hydrogen-bond acceptors (Lipinski definition) is 5. The fourth-order valence-corrected chi connectivity index (χ4v) is 2.50. The summed E-state index contributed by atoms with van der Waals surface area (Å²) in [6.45, 7) is 9.51. The molecule has 1 aromatic heterocycles. The van der Waals surface area contributed by atoms with Crippen molar-refractivity contribution >= 4 is 17.4 Å². The molecule has 0 spiro atoms. The molecule has 2 rings (SSSR count). The zero-order chi connectivity index (χ0) is 14.8. The second-order valence-corrected chi connectivity index (χ2v) is 6.23. The zero-order valence-corrected chi connectivity index (χ0v) is 13.2. The van der Waals surface area contributed by atoms with Gasteiger partial charge in [0.15, 0.2) is 5.82 Å². The summed E-state index contributed by atoms with van der Waals surface area (Å²) in [5.41, 5.74) is -0.256. The maximum absolute atomic E-state index is 5.95. The van der Waals surface area contributed by atoms with Crippen LogP contribution in [0.4, 0.5) is 5.82 Å². The van der Waals surface area contributed by atoms with Crippen molar-refractivity contribution in [2.45, 2.75) is 45.5 Å². The minimum atomic E-state index is -0.256. The second-order valence-electron chi connectivity index (χ2n) is 5.92. The lowest BCUT2D eigenvalue weighted by Gasteiger charge is -2.42. The zero-order valence-electron chi connectivity index (χ0n) is 12.5. The lowest BCUT2D eigenvalue weighted by atomic mass is 10.1. The third kappa shape index (κ3) is 3.96. The van der Waals surface area contributed by atoms with Crippen LogP contribution in [0, 0.1) is 0 Å². The van der Waals surface area contributed by atoms with Crippen molar-refractivity contribution in [2.75, 3.05) is 23.9 Å². The molecule has 2 heterocycles. The standard InChI is InChI=1S/C14H22ClN3O2/c1-10(2)19-13-7-16-6-12(17-13)18-8-11(5-15)20-14(3,4)9-18/h6-7,10-11H,5,8-9H2,1-4H3. The first-order valence-corrected chi connectivity index (χ1v) is 7.40. The van der Waals surface area contributed by atoms with E-state index in [0.717, 1.165) is 12.4 Å². The van der Waals surface area contributed by atoms with Crippen LogP contribution in [-0.2, 0) is 4.74 Å². The molecule has 0 aromatic carbocycles. The number of rotatable bonds is 4. The van der Waals surface area contributed by atoms with Gasteiger partial charge in [0.25, 0.3) is 0 Å². The molecule has 6 heteroatoms. The first kappa shape index (κ1) is 15.3. The van der Waals surface area contributed by atoms with Gasteiger partial charge < -0.3 is 14.4 Å². The van der Waals surface area contributed by atoms with Crippen LogP contribution in [0.15, 0.2) is 12.4 Å². The van der Waals surface area contributed by atoms with E-state index in [1.54, 1.807) is 12.4 Å². The highest BCUT2D eigenvalue weighted by Gasteiger charge is 2.33. The fraction of sp³-hybridized carbons (Fsp3) is 0.714. The molecule has 0 saturated carbocycles. The number of ether oxygens (including phenoxy) is 2. The van der Waals surface area contributed by atoms with Gasteiger partial charge in [-0.05, 0) is 27.7 Å². The highest BCUT2D eigenvalue weighted by atomic mass is 35.5. The van der Waals surface area contributed by atoms with Gasteiger partial charge in [-0.25, -0.2) is 0 Å². The molecule has 112 valence electrons. The predicted octanol–water partition coefficient (Wildman–Crippen LogP) is 2.49. The first-order valence-electron chi connectivity index (χ1n) is 6.87. The smallest absolute Gasteiger partial charge is 0.234 e. The maximum Gasteiger partial charge on any atom is 0.234 e. The van der Waals surface area contributed by atoms with Crippen molar-refractivity contribution in [1.29, 1.82) is 0 Å². The monoisotopic (exact) mass is 299 g/mol. The van der Waals surface area contributed by atoms with Gasteiger partial charge in [-0.15, -0.1) is 11.6 Å². The Morgan fingerprint density at radius 3 is 2.90 bits per heavy atom. The lowest BCUT2D eigenvalue weighted by Crippen LogP contribution is -2.53. The molecule has 1 aliphatic heterocycles. The molecule has 1 fully saturated rings. The van der Waals surface area contributed by atoms with E-state index in [1.807, 2.05) is 13.8 Å². The van der Waals surface area contributed by atoms with Gasteiger partial charge in [-0.3, -0.25) is 4.98 Å². The summed E-state index contributed by atoms with van der Waals surface area (Å²) in [7, 11) is 0. The summed E-state index contributed by atoms with van der Waals surface area (Å²) in [5.74, 6) is 1.81. The molecule has 0 radical (unpaired) electrons. The lowest BCUT2D eigenvalue weighted by molar-refractivity contribution is -0.0736. The van der Waals surface area contributed by atoms with E-state index in [9.17, 15) is 0 Å². The van der Waals surface area contributed by atoms with E-state index >= 15 is 0 Å². The summed E-state index contributed by atoms with van der Waals surface area (Å²) < 4.78 is 11.5. The minimum Gasteiger partial charge on any atom is -0.474 e. The molecule has 1 saturated heterocycles. The predicted molar refractivity (Wildman–Crippen MR) is 79.7 cm³/mol. The van der Waals surface area contributed by atoms with E-state index in [4.69, 9.17) is 21.1 Å². The Bertz CT molecular complexity index is 454. The van der Waals surface area contributed by atoms with Gasteiger partial charge in [0.1, 0.15) is 0 Å². The topological polar surface area (TPSA) is 47.5 Å². The summed E-state index contributed by atoms with van der Waals surface area (Å²) in [6.07, 6.45) is 3.46. The quantitative estimate of drug-likeness (QED) is 0.799. The van der Waals surface area contributed by atoms with Crippen LogP contribution < -0.4 is 9.64 Å². The van der Waals surface area contributed by atoms with Crippen molar-refractivity contribution in [3.63, 3.8) is 0 Å². The molecule has 1 aliphatic rings. The van der Waals surface area contributed by atoms with Crippen molar-refractivity contribution in [3.05, 3.63) is 12.4 Å². The molecule has 1 atom stereocenters. The van der Waals surface area contributed by atoms with Gasteiger partial charge in [-0.2, -0.15) is 4.98 Å². The highest BCUT2D eigenvalue weighted by molar-refractivity contribution is 6.18. The molecular formula is C14H22ClN3O2. The van der Waals surface area contributed by atoms with Crippen molar-refractivity contribution in [3.8, 4) is 5.88 Å². The van der Waals surface area contributed by atoms with Crippen LogP contribution in [0.25, 0.3) is 0 Å². The van der Waals surface area contributed by atoms with Crippen molar-refractivity contribution in [2.24, 2.45) is 0 Å². The van der Waals surface area contributed by atoms with Crippen LogP contribution in [0.1, 0.15) is 27.7 Å². The summed E-state index contributed by atoms with van der Waals surface area (Å²) in [6, 6.07) is 0. The number of anilines is 1. The molecule has 0 N–H and O–H groups in total. The van der Waals surface area contributed by atoms with Crippen LogP contribution in [0.5, 0.6) is 5.88 Å². The van der Waals surface area contributed by atoms with Crippen LogP contribution in [-0.4, -0.2) is 46.7 Å². The normalized spacial score (nSPS) is 22.1. The van der Waals surface area contributed by atoms with Crippen LogP contribution in [0.3, 0.4) is 0 Å². The Kier molecular flexibility index (Phi) is 4.70. The van der Waals surface area contributed by atoms with E-state index in [-0.39, 0.29) is 17.8 Å². The number of hydrogen-bond donors (Lipinski definition) is 0. The van der Waals surface area contributed by atoms with Gasteiger partial charge in [0.05, 0.1) is 36.1 Å². The number of morpholine rings is 1. The number of aromatic nitrogens is 2. The fourth-order valence-electron chi connectivity index (χ4n) is 2.34. The van der Waals surface area contributed by atoms with E-state index in [2.05, 4.69) is 28.7 Å². The first-order chi connectivity index (χ1) is 9.39. The Balaban J connectivity index is 2.17. The molecule has 0 aliphatic carbocycles. The van der Waals surface area contributed by atoms with E-state index in [1.165, 1.54) is 0 Å². The molecule has 1 unspecified atom stereocenters. The number of alkyl halides is 1. The van der Waals surface area contributed by atoms with Crippen molar-refractivity contribution in [1.82, 2.24) is 9.97 Å². The molecular weight excluding hydrogens is 278 g/mol. The van der Waals surface area contributed by atoms with Gasteiger partial charge in [0, 0.05) is 13.1 Å². The van der Waals surface area contributed by atoms with Crippen LogP contribution in [0.2, 0.25) is 0 Å². The molecule has 0 bridgehead atoms. The van der Waals surface area contributed by atoms with Gasteiger partial charge in [-0.1, -0.05) is 0 Å². The average Bonchev–Trinajstić information content (AvgIpc) is 2.36. The average molecular weight is 300 g/mol. The Hall–Kier alpha value is -1.07. The summed E-state index contributed by atoms with van der Waals surface area (Å²) >= 11 is 5.95. The summed E-state index contributed by atoms with van der Waals surface area (Å²) in [4.78, 5) is 10.9. The summed E-state index contributed by atoms with van der Waals surface area (Å²) in [5, 5.41) is 0. The van der Waals surface area contributed by atoms with Crippen molar-refractivity contribution < 1.29 is 9.47 Å². The third-order valence-electron chi connectivity index (χ3n) is 2.93. The van der Waals surface area contributed by atoms with E-state index < -0.39 is 0 Å². The Labute approximate surface area is 125 Å². The SMILES string of the molecule is CC(C)Oc1cncc(N2CC(CCl)OC(C)(C)C2)n1. The molecule has 5 nitrogen and oxygen atoms in total. The Morgan fingerprint density at radius 1 is 1.50 bits per heavy atom. The number of nitrogens with zero attached hydrogens (tertiary/aromatic N) is 3. The maximum atomic E-state index is 5.95. The molecule has 20 heavy (non-hydrogen) atoms.